The van der Waals surface area contributed by atoms with Crippen molar-refractivity contribution in [2.45, 2.75) is 6.92 Å². The minimum Gasteiger partial charge on any atom is -0.478 e. The lowest BCUT2D eigenvalue weighted by atomic mass is 10.3. The van der Waals surface area contributed by atoms with E-state index < -0.39 is 5.97 Å². The summed E-state index contributed by atoms with van der Waals surface area (Å²) in [7, 11) is 1.56. The van der Waals surface area contributed by atoms with Crippen LogP contribution in [0.5, 0.6) is 0 Å². The van der Waals surface area contributed by atoms with Gasteiger partial charge in [-0.1, -0.05) is 0 Å². The van der Waals surface area contributed by atoms with Gasteiger partial charge in [-0.3, -0.25) is 5.41 Å². The van der Waals surface area contributed by atoms with E-state index in [2.05, 4.69) is 5.32 Å². The first-order valence-electron chi connectivity index (χ1n) is 3.45. The largest absolute Gasteiger partial charge is 0.478 e. The fraction of sp³-hybridized carbons (Fsp3) is 0.429. The molecule has 0 atom stereocenters. The molecule has 0 spiro atoms. The smallest absolute Gasteiger partial charge is 0.342 e. The molecule has 68 valence electrons. The van der Waals surface area contributed by atoms with Gasteiger partial charge in [0.05, 0.1) is 6.61 Å². The number of carbonyl (C=O) groups is 1. The van der Waals surface area contributed by atoms with Crippen molar-refractivity contribution in [3.63, 3.8) is 0 Å². The van der Waals surface area contributed by atoms with Crippen LogP contribution in [0, 0.1) is 5.41 Å². The Labute approximate surface area is 70.5 Å². The molecule has 0 aliphatic carbocycles. The average molecular weight is 172 g/mol. The molecule has 12 heavy (non-hydrogen) atoms. The molecule has 0 aromatic carbocycles. The highest BCUT2D eigenvalue weighted by atomic mass is 16.5. The Bertz CT molecular complexity index is 211. The summed E-state index contributed by atoms with van der Waals surface area (Å²) in [5.74, 6) is -1.51. The second-order valence-corrected chi connectivity index (χ2v) is 1.91. The molecule has 0 radical (unpaired) electrons. The van der Waals surface area contributed by atoms with Crippen molar-refractivity contribution in [1.82, 2.24) is 5.32 Å². The Morgan fingerprint density at radius 2 is 2.33 bits per heavy atom. The van der Waals surface area contributed by atoms with Crippen LogP contribution in [-0.2, 0) is 9.53 Å². The Balaban J connectivity index is 4.41. The summed E-state index contributed by atoms with van der Waals surface area (Å²) < 4.78 is 4.71. The summed E-state index contributed by atoms with van der Waals surface area (Å²) in [5, 5.41) is 18.3. The predicted molar refractivity (Wildman–Crippen MR) is 44.1 cm³/mol. The van der Waals surface area contributed by atoms with Crippen molar-refractivity contribution < 1.29 is 14.6 Å². The van der Waals surface area contributed by atoms with Crippen LogP contribution in [-0.4, -0.2) is 30.6 Å². The van der Waals surface area contributed by atoms with E-state index in [9.17, 15) is 4.79 Å². The topological polar surface area (TPSA) is 82.4 Å². The van der Waals surface area contributed by atoms with Crippen LogP contribution in [0.1, 0.15) is 6.92 Å². The lowest BCUT2D eigenvalue weighted by molar-refractivity contribution is -0.132. The second-order valence-electron chi connectivity index (χ2n) is 1.91. The van der Waals surface area contributed by atoms with E-state index in [0.29, 0.717) is 0 Å². The molecule has 0 saturated heterocycles. The maximum Gasteiger partial charge on any atom is 0.342 e. The van der Waals surface area contributed by atoms with Gasteiger partial charge >= 0.3 is 5.97 Å². The fourth-order valence-electron chi connectivity index (χ4n) is 0.591. The van der Waals surface area contributed by atoms with Gasteiger partial charge < -0.3 is 15.2 Å². The third kappa shape index (κ3) is 3.05. The van der Waals surface area contributed by atoms with Crippen molar-refractivity contribution in [3.05, 3.63) is 11.8 Å². The highest BCUT2D eigenvalue weighted by Gasteiger charge is 2.13. The van der Waals surface area contributed by atoms with Gasteiger partial charge in [0.25, 0.3) is 0 Å². The standard InChI is InChI=1S/C7H12N2O3/c1-3-12-6(8)5(4-9-2)7(10)11/h4,8-9H,3H2,1-2H3,(H,10,11)/b5-4+,8-6?. The number of rotatable bonds is 4. The van der Waals surface area contributed by atoms with Crippen molar-refractivity contribution in [3.8, 4) is 0 Å². The van der Waals surface area contributed by atoms with E-state index in [-0.39, 0.29) is 18.1 Å². The van der Waals surface area contributed by atoms with Gasteiger partial charge in [0.1, 0.15) is 5.57 Å². The molecule has 5 nitrogen and oxygen atoms in total. The average Bonchev–Trinajstić information content (AvgIpc) is 1.99. The van der Waals surface area contributed by atoms with E-state index in [0.717, 1.165) is 0 Å². The molecule has 3 N–H and O–H groups in total. The lowest BCUT2D eigenvalue weighted by Crippen LogP contribution is -2.17. The number of carboxylic acid groups (broad SMARTS) is 1. The molecule has 0 amide bonds. The zero-order chi connectivity index (χ0) is 9.56. The molecule has 0 aliphatic heterocycles. The van der Waals surface area contributed by atoms with Gasteiger partial charge in [0.2, 0.25) is 5.90 Å². The molecular formula is C7H12N2O3. The molecule has 0 unspecified atom stereocenters. The van der Waals surface area contributed by atoms with Crippen LogP contribution in [0.25, 0.3) is 0 Å². The number of hydrogen-bond donors (Lipinski definition) is 3. The molecule has 0 rings (SSSR count). The maximum atomic E-state index is 10.5. The lowest BCUT2D eigenvalue weighted by Gasteiger charge is -2.04. The normalized spacial score (nSPS) is 10.7. The first-order valence-corrected chi connectivity index (χ1v) is 3.45. The molecule has 0 heterocycles. The summed E-state index contributed by atoms with van der Waals surface area (Å²) >= 11 is 0. The van der Waals surface area contributed by atoms with E-state index in [4.69, 9.17) is 15.3 Å². The van der Waals surface area contributed by atoms with Gasteiger partial charge in [-0.15, -0.1) is 0 Å². The van der Waals surface area contributed by atoms with Crippen LogP contribution >= 0.6 is 0 Å². The molecular weight excluding hydrogens is 160 g/mol. The molecule has 0 fully saturated rings. The van der Waals surface area contributed by atoms with Gasteiger partial charge in [-0.25, -0.2) is 4.79 Å². The first-order chi connectivity index (χ1) is 5.63. The Morgan fingerprint density at radius 1 is 1.75 bits per heavy atom. The number of carboxylic acids is 1. The number of ether oxygens (including phenoxy) is 1. The van der Waals surface area contributed by atoms with E-state index in [1.165, 1.54) is 6.20 Å². The van der Waals surface area contributed by atoms with Crippen LogP contribution in [0.4, 0.5) is 0 Å². The van der Waals surface area contributed by atoms with E-state index >= 15 is 0 Å². The molecule has 0 saturated carbocycles. The fourth-order valence-corrected chi connectivity index (χ4v) is 0.591. The minimum absolute atomic E-state index is 0.181. The molecule has 0 bridgehead atoms. The van der Waals surface area contributed by atoms with Crippen molar-refractivity contribution >= 4 is 11.9 Å². The highest BCUT2D eigenvalue weighted by Crippen LogP contribution is 1.97. The number of hydrogen-bond acceptors (Lipinski definition) is 4. The molecule has 0 aromatic rings. The molecule has 0 aromatic heterocycles. The van der Waals surface area contributed by atoms with Crippen molar-refractivity contribution in [2.75, 3.05) is 13.7 Å². The monoisotopic (exact) mass is 172 g/mol. The van der Waals surface area contributed by atoms with Gasteiger partial charge in [0, 0.05) is 13.2 Å². The SMILES string of the molecule is CCOC(=N)/C(=C\NC)C(=O)O. The van der Waals surface area contributed by atoms with Gasteiger partial charge in [-0.2, -0.15) is 0 Å². The predicted octanol–water partition coefficient (Wildman–Crippen LogP) is 0.188. The quantitative estimate of drug-likeness (QED) is 0.321. The second kappa shape index (κ2) is 5.17. The minimum atomic E-state index is -1.18. The van der Waals surface area contributed by atoms with Crippen molar-refractivity contribution in [2.24, 2.45) is 0 Å². The van der Waals surface area contributed by atoms with Gasteiger partial charge in [0.15, 0.2) is 0 Å². The van der Waals surface area contributed by atoms with Crippen LogP contribution in [0.15, 0.2) is 11.8 Å². The van der Waals surface area contributed by atoms with E-state index in [1.54, 1.807) is 14.0 Å². The number of aliphatic carboxylic acids is 1. The Hall–Kier alpha value is -1.52. The van der Waals surface area contributed by atoms with Crippen LogP contribution in [0.3, 0.4) is 0 Å². The third-order valence-corrected chi connectivity index (χ3v) is 1.05. The summed E-state index contributed by atoms with van der Waals surface area (Å²) in [5.41, 5.74) is -0.181. The third-order valence-electron chi connectivity index (χ3n) is 1.05. The van der Waals surface area contributed by atoms with Crippen molar-refractivity contribution in [1.29, 1.82) is 5.41 Å². The summed E-state index contributed by atoms with van der Waals surface area (Å²) in [6.07, 6.45) is 1.21. The molecule has 5 heteroatoms. The van der Waals surface area contributed by atoms with Gasteiger partial charge in [-0.05, 0) is 6.92 Å². The summed E-state index contributed by atoms with van der Waals surface area (Å²) in [6, 6.07) is 0. The first kappa shape index (κ1) is 10.5. The summed E-state index contributed by atoms with van der Waals surface area (Å²) in [4.78, 5) is 10.5. The maximum absolute atomic E-state index is 10.5. The summed E-state index contributed by atoms with van der Waals surface area (Å²) in [6.45, 7) is 1.97. The number of nitrogens with one attached hydrogen (secondary N) is 2. The highest BCUT2D eigenvalue weighted by molar-refractivity contribution is 6.14. The zero-order valence-corrected chi connectivity index (χ0v) is 7.05. The zero-order valence-electron chi connectivity index (χ0n) is 7.05. The Morgan fingerprint density at radius 3 is 2.67 bits per heavy atom. The van der Waals surface area contributed by atoms with E-state index in [1.807, 2.05) is 0 Å². The van der Waals surface area contributed by atoms with Crippen LogP contribution < -0.4 is 5.32 Å². The molecule has 0 aliphatic rings. The Kier molecular flexibility index (Phi) is 4.52. The van der Waals surface area contributed by atoms with Crippen LogP contribution in [0.2, 0.25) is 0 Å².